The number of halogens is 3. The van der Waals surface area contributed by atoms with E-state index < -0.39 is 11.7 Å². The average molecular weight is 357 g/mol. The number of hydrogen-bond donors (Lipinski definition) is 1. The van der Waals surface area contributed by atoms with Crippen molar-refractivity contribution in [2.75, 3.05) is 0 Å². The van der Waals surface area contributed by atoms with Crippen LogP contribution in [-0.2, 0) is 12.7 Å². The summed E-state index contributed by atoms with van der Waals surface area (Å²) in [6.45, 7) is 2.35. The normalized spacial score (nSPS) is 12.0. The molecular weight excluding hydrogens is 343 g/mol. The Bertz CT molecular complexity index is 1080. The van der Waals surface area contributed by atoms with Crippen LogP contribution in [0.4, 0.5) is 13.2 Å². The molecule has 3 heterocycles. The van der Waals surface area contributed by atoms with E-state index in [2.05, 4.69) is 20.3 Å². The smallest absolute Gasteiger partial charge is 0.280 e. The number of hydrogen-bond acceptors (Lipinski definition) is 3. The average Bonchev–Trinajstić information content (AvgIpc) is 3.20. The van der Waals surface area contributed by atoms with Crippen LogP contribution in [0.1, 0.15) is 17.0 Å². The Balaban J connectivity index is 1.74. The highest BCUT2D eigenvalue weighted by Gasteiger charge is 2.30. The zero-order valence-electron chi connectivity index (χ0n) is 13.7. The van der Waals surface area contributed by atoms with Crippen molar-refractivity contribution in [3.63, 3.8) is 0 Å². The van der Waals surface area contributed by atoms with Gasteiger partial charge >= 0.3 is 6.18 Å². The predicted molar refractivity (Wildman–Crippen MR) is 90.4 cm³/mol. The van der Waals surface area contributed by atoms with E-state index >= 15 is 0 Å². The van der Waals surface area contributed by atoms with Crippen LogP contribution < -0.4 is 0 Å². The maximum atomic E-state index is 13.0. The fraction of sp³-hybridized carbons (Fsp3) is 0.167. The molecule has 0 atom stereocenters. The summed E-state index contributed by atoms with van der Waals surface area (Å²) < 4.78 is 40.6. The molecule has 0 saturated heterocycles. The third-order valence-corrected chi connectivity index (χ3v) is 4.10. The van der Waals surface area contributed by atoms with E-state index in [1.165, 1.54) is 6.07 Å². The van der Waals surface area contributed by atoms with Crippen molar-refractivity contribution in [2.45, 2.75) is 19.6 Å². The van der Waals surface area contributed by atoms with E-state index in [-0.39, 0.29) is 0 Å². The van der Waals surface area contributed by atoms with Gasteiger partial charge < -0.3 is 0 Å². The number of aryl methyl sites for hydroxylation is 1. The summed E-state index contributed by atoms with van der Waals surface area (Å²) in [4.78, 5) is 4.33. The van der Waals surface area contributed by atoms with Gasteiger partial charge in [0, 0.05) is 11.8 Å². The van der Waals surface area contributed by atoms with Gasteiger partial charge in [-0.25, -0.2) is 0 Å². The molecule has 8 heteroatoms. The highest BCUT2D eigenvalue weighted by molar-refractivity contribution is 5.80. The Morgan fingerprint density at radius 1 is 1.08 bits per heavy atom. The highest BCUT2D eigenvalue weighted by Crippen LogP contribution is 2.32. The van der Waals surface area contributed by atoms with E-state index in [9.17, 15) is 13.2 Å². The van der Waals surface area contributed by atoms with Crippen LogP contribution in [0, 0.1) is 6.92 Å². The quantitative estimate of drug-likeness (QED) is 0.598. The Labute approximate surface area is 146 Å². The fourth-order valence-corrected chi connectivity index (χ4v) is 2.83. The van der Waals surface area contributed by atoms with Gasteiger partial charge in [0.15, 0.2) is 0 Å². The maximum Gasteiger partial charge on any atom is 0.416 e. The van der Waals surface area contributed by atoms with E-state index in [1.54, 1.807) is 29.2 Å². The molecule has 0 saturated carbocycles. The predicted octanol–water partition coefficient (Wildman–Crippen LogP) is 4.20. The van der Waals surface area contributed by atoms with Crippen LogP contribution in [-0.4, -0.2) is 25.0 Å². The van der Waals surface area contributed by atoms with E-state index in [4.69, 9.17) is 0 Å². The van der Waals surface area contributed by atoms with Crippen molar-refractivity contribution >= 4 is 11.0 Å². The molecule has 4 rings (SSSR count). The molecule has 0 fully saturated rings. The minimum atomic E-state index is -4.38. The number of benzene rings is 1. The van der Waals surface area contributed by atoms with Crippen molar-refractivity contribution in [3.05, 3.63) is 65.7 Å². The lowest BCUT2D eigenvalue weighted by Gasteiger charge is -2.09. The first-order chi connectivity index (χ1) is 12.4. The molecule has 0 aliphatic rings. The molecule has 1 aromatic carbocycles. The Morgan fingerprint density at radius 2 is 1.92 bits per heavy atom. The number of nitrogens with zero attached hydrogens (tertiary/aromatic N) is 4. The molecule has 0 unspecified atom stereocenters. The third-order valence-electron chi connectivity index (χ3n) is 4.10. The summed E-state index contributed by atoms with van der Waals surface area (Å²) in [7, 11) is 0. The van der Waals surface area contributed by atoms with Crippen molar-refractivity contribution < 1.29 is 13.2 Å². The van der Waals surface area contributed by atoms with Crippen LogP contribution >= 0.6 is 0 Å². The van der Waals surface area contributed by atoms with Crippen LogP contribution in [0.25, 0.3) is 22.2 Å². The molecule has 3 aromatic heterocycles. The Morgan fingerprint density at radius 3 is 2.65 bits per heavy atom. The van der Waals surface area contributed by atoms with Gasteiger partial charge in [-0.15, -0.1) is 0 Å². The van der Waals surface area contributed by atoms with E-state index in [0.29, 0.717) is 23.2 Å². The second-order valence-electron chi connectivity index (χ2n) is 6.04. The lowest BCUT2D eigenvalue weighted by molar-refractivity contribution is -0.137. The number of alkyl halides is 3. The Hall–Kier alpha value is -3.16. The van der Waals surface area contributed by atoms with Crippen LogP contribution in [0.2, 0.25) is 0 Å². The number of rotatable bonds is 3. The number of aromatic nitrogens is 5. The van der Waals surface area contributed by atoms with E-state index in [1.807, 2.05) is 13.0 Å². The summed E-state index contributed by atoms with van der Waals surface area (Å²) in [5.74, 6) is 0. The van der Waals surface area contributed by atoms with Gasteiger partial charge in [-0.3, -0.25) is 14.8 Å². The highest BCUT2D eigenvalue weighted by atomic mass is 19.4. The van der Waals surface area contributed by atoms with Gasteiger partial charge in [-0.2, -0.15) is 23.4 Å². The van der Waals surface area contributed by atoms with Gasteiger partial charge in [0.2, 0.25) is 0 Å². The zero-order chi connectivity index (χ0) is 18.3. The minimum absolute atomic E-state index is 0.458. The molecule has 0 aliphatic heterocycles. The summed E-state index contributed by atoms with van der Waals surface area (Å²) in [5.41, 5.74) is 3.56. The second kappa shape index (κ2) is 5.98. The first-order valence-electron chi connectivity index (χ1n) is 7.90. The maximum absolute atomic E-state index is 13.0. The third kappa shape index (κ3) is 3.05. The summed E-state index contributed by atoms with van der Waals surface area (Å²) >= 11 is 0. The Kier molecular flexibility index (Phi) is 3.75. The van der Waals surface area contributed by atoms with Crippen LogP contribution in [0.15, 0.2) is 48.8 Å². The topological polar surface area (TPSA) is 59.4 Å². The summed E-state index contributed by atoms with van der Waals surface area (Å²) in [6.07, 6.45) is -1.19. The molecule has 0 amide bonds. The molecule has 0 spiro atoms. The van der Waals surface area contributed by atoms with E-state index in [0.717, 1.165) is 29.0 Å². The number of fused-ring (bicyclic) bond motifs is 1. The zero-order valence-corrected chi connectivity index (χ0v) is 13.7. The monoisotopic (exact) mass is 357 g/mol. The first kappa shape index (κ1) is 16.3. The second-order valence-corrected chi connectivity index (χ2v) is 6.04. The largest absolute Gasteiger partial charge is 0.416 e. The number of aromatic amines is 1. The molecule has 4 aromatic rings. The first-order valence-corrected chi connectivity index (χ1v) is 7.90. The summed E-state index contributed by atoms with van der Waals surface area (Å²) in [5, 5.41) is 11.3. The number of H-pyrrole nitrogens is 1. The standard InChI is InChI=1S/C18H14F3N5/c1-11-5-15(25-24-11)10-26-17-7-13(8-22-16(17)9-23-26)12-3-2-4-14(6-12)18(19,20)21/h2-9H,10H2,1H3,(H,24,25). The fourth-order valence-electron chi connectivity index (χ4n) is 2.83. The van der Waals surface area contributed by atoms with Crippen LogP contribution in [0.3, 0.4) is 0 Å². The molecule has 0 aliphatic carbocycles. The SMILES string of the molecule is Cc1cc(Cn2ncc3ncc(-c4cccc(C(F)(F)F)c4)cc32)[nH]n1. The van der Waals surface area contributed by atoms with Crippen LogP contribution in [0.5, 0.6) is 0 Å². The van der Waals surface area contributed by atoms with Gasteiger partial charge in [-0.1, -0.05) is 12.1 Å². The van der Waals surface area contributed by atoms with Crippen molar-refractivity contribution in [1.29, 1.82) is 0 Å². The summed E-state index contributed by atoms with van der Waals surface area (Å²) in [6, 6.07) is 8.93. The molecular formula is C18H14F3N5. The van der Waals surface area contributed by atoms with Gasteiger partial charge in [-0.05, 0) is 36.8 Å². The van der Waals surface area contributed by atoms with Crippen molar-refractivity contribution in [3.8, 4) is 11.1 Å². The minimum Gasteiger partial charge on any atom is -0.280 e. The number of pyridine rings is 1. The lowest BCUT2D eigenvalue weighted by Crippen LogP contribution is -2.04. The van der Waals surface area contributed by atoms with Crippen molar-refractivity contribution in [1.82, 2.24) is 25.0 Å². The molecule has 0 radical (unpaired) electrons. The van der Waals surface area contributed by atoms with Gasteiger partial charge in [0.1, 0.15) is 5.52 Å². The molecule has 132 valence electrons. The lowest BCUT2D eigenvalue weighted by atomic mass is 10.0. The molecule has 0 bridgehead atoms. The molecule has 1 N–H and O–H groups in total. The molecule has 5 nitrogen and oxygen atoms in total. The van der Waals surface area contributed by atoms with Gasteiger partial charge in [0.25, 0.3) is 0 Å². The number of nitrogens with one attached hydrogen (secondary N) is 1. The van der Waals surface area contributed by atoms with Crippen molar-refractivity contribution in [2.24, 2.45) is 0 Å². The van der Waals surface area contributed by atoms with Gasteiger partial charge in [0.05, 0.1) is 35.2 Å². The molecule has 26 heavy (non-hydrogen) atoms.